The number of ether oxygens (including phenoxy) is 3. The van der Waals surface area contributed by atoms with Crippen molar-refractivity contribution >= 4 is 29.2 Å². The molecule has 6 nitrogen and oxygen atoms in total. The van der Waals surface area contributed by atoms with E-state index in [1.807, 2.05) is 6.92 Å². The van der Waals surface area contributed by atoms with Crippen molar-refractivity contribution in [3.8, 4) is 5.75 Å². The number of anilines is 1. The fraction of sp³-hybridized carbons (Fsp3) is 0.300. The van der Waals surface area contributed by atoms with Gasteiger partial charge in [-0.3, -0.25) is 4.79 Å². The highest BCUT2D eigenvalue weighted by atomic mass is 35.5. The number of hydrogen-bond acceptors (Lipinski definition) is 5. The Morgan fingerprint density at radius 1 is 1.15 bits per heavy atom. The van der Waals surface area contributed by atoms with Crippen LogP contribution in [0.4, 0.5) is 5.69 Å². The van der Waals surface area contributed by atoms with Crippen LogP contribution in [-0.4, -0.2) is 31.7 Å². The number of amides is 1. The van der Waals surface area contributed by atoms with Crippen molar-refractivity contribution in [3.63, 3.8) is 0 Å². The molecule has 0 fully saturated rings. The maximum atomic E-state index is 12.4. The minimum atomic E-state index is -0.967. The molecule has 2 aromatic rings. The summed E-state index contributed by atoms with van der Waals surface area (Å²) in [6.45, 7) is 4.24. The molecule has 27 heavy (non-hydrogen) atoms. The Kier molecular flexibility index (Phi) is 7.64. The molecule has 7 heteroatoms. The molecule has 1 N–H and O–H groups in total. The highest BCUT2D eigenvalue weighted by Crippen LogP contribution is 2.22. The highest BCUT2D eigenvalue weighted by molar-refractivity contribution is 6.30. The molecule has 0 aliphatic rings. The van der Waals surface area contributed by atoms with Gasteiger partial charge in [-0.1, -0.05) is 11.6 Å². The summed E-state index contributed by atoms with van der Waals surface area (Å²) in [5, 5.41) is 3.23. The lowest BCUT2D eigenvalue weighted by atomic mass is 10.1. The zero-order valence-electron chi connectivity index (χ0n) is 15.5. The predicted octanol–water partition coefficient (Wildman–Crippen LogP) is 4.07. The minimum absolute atomic E-state index is 0.313. The predicted molar refractivity (Wildman–Crippen MR) is 103 cm³/mol. The molecule has 144 valence electrons. The van der Waals surface area contributed by atoms with E-state index in [2.05, 4.69) is 5.32 Å². The molecule has 0 aliphatic heterocycles. The third-order valence-electron chi connectivity index (χ3n) is 3.74. The van der Waals surface area contributed by atoms with Gasteiger partial charge in [0.15, 0.2) is 6.10 Å². The van der Waals surface area contributed by atoms with Crippen LogP contribution in [0.3, 0.4) is 0 Å². The van der Waals surface area contributed by atoms with Crippen molar-refractivity contribution in [2.45, 2.75) is 26.6 Å². The average Bonchev–Trinajstić information content (AvgIpc) is 2.67. The number of hydrogen-bond donors (Lipinski definition) is 1. The topological polar surface area (TPSA) is 73.9 Å². The molecule has 0 unspecified atom stereocenters. The smallest absolute Gasteiger partial charge is 0.338 e. The van der Waals surface area contributed by atoms with Crippen LogP contribution in [-0.2, 0) is 20.9 Å². The van der Waals surface area contributed by atoms with E-state index in [1.54, 1.807) is 49.6 Å². The van der Waals surface area contributed by atoms with Crippen molar-refractivity contribution < 1.29 is 23.8 Å². The first kappa shape index (κ1) is 20.7. The Bertz CT molecular complexity index is 791. The van der Waals surface area contributed by atoms with Crippen molar-refractivity contribution in [2.24, 2.45) is 0 Å². The second kappa shape index (κ2) is 9.94. The van der Waals surface area contributed by atoms with Crippen LogP contribution in [0.2, 0.25) is 5.02 Å². The second-order valence-corrected chi connectivity index (χ2v) is 6.14. The fourth-order valence-electron chi connectivity index (χ4n) is 2.29. The Labute approximate surface area is 163 Å². The maximum absolute atomic E-state index is 12.4. The summed E-state index contributed by atoms with van der Waals surface area (Å²) in [4.78, 5) is 24.6. The van der Waals surface area contributed by atoms with E-state index in [-0.39, 0.29) is 0 Å². The van der Waals surface area contributed by atoms with E-state index in [9.17, 15) is 9.59 Å². The number of esters is 1. The number of methoxy groups -OCH3 is 1. The molecule has 0 saturated carbocycles. The highest BCUT2D eigenvalue weighted by Gasteiger charge is 2.20. The number of benzene rings is 2. The summed E-state index contributed by atoms with van der Waals surface area (Å²) in [5.41, 5.74) is 1.61. The Morgan fingerprint density at radius 3 is 2.48 bits per heavy atom. The van der Waals surface area contributed by atoms with Gasteiger partial charge < -0.3 is 19.5 Å². The number of rotatable bonds is 8. The molecule has 2 aromatic carbocycles. The molecule has 2 rings (SSSR count). The first-order chi connectivity index (χ1) is 12.9. The number of nitrogens with one attached hydrogen (secondary N) is 1. The first-order valence-corrected chi connectivity index (χ1v) is 8.84. The average molecular weight is 392 g/mol. The standard InChI is InChI=1S/C20H22ClNO5/c1-4-26-12-15-11-14(5-10-18(15)25-3)20(24)27-13(2)19(23)22-17-8-6-16(21)7-9-17/h5-11,13H,4,12H2,1-3H3,(H,22,23)/t13-/m1/s1. The van der Waals surface area contributed by atoms with E-state index in [1.165, 1.54) is 6.92 Å². The van der Waals surface area contributed by atoms with Crippen molar-refractivity contribution in [1.82, 2.24) is 0 Å². The van der Waals surface area contributed by atoms with E-state index in [0.717, 1.165) is 5.56 Å². The van der Waals surface area contributed by atoms with Crippen LogP contribution < -0.4 is 10.1 Å². The summed E-state index contributed by atoms with van der Waals surface area (Å²) in [6, 6.07) is 11.5. The Balaban J connectivity index is 2.02. The van der Waals surface area contributed by atoms with Crippen molar-refractivity contribution in [1.29, 1.82) is 0 Å². The molecular formula is C20H22ClNO5. The molecule has 0 bridgehead atoms. The lowest BCUT2D eigenvalue weighted by Gasteiger charge is -2.15. The lowest BCUT2D eigenvalue weighted by molar-refractivity contribution is -0.123. The van der Waals surface area contributed by atoms with Gasteiger partial charge in [0.25, 0.3) is 5.91 Å². The molecule has 0 aliphatic carbocycles. The summed E-state index contributed by atoms with van der Waals surface area (Å²) in [7, 11) is 1.55. The maximum Gasteiger partial charge on any atom is 0.338 e. The molecule has 1 amide bonds. The monoisotopic (exact) mass is 391 g/mol. The van der Waals surface area contributed by atoms with Crippen LogP contribution in [0.15, 0.2) is 42.5 Å². The largest absolute Gasteiger partial charge is 0.496 e. The van der Waals surface area contributed by atoms with Crippen LogP contribution in [0.1, 0.15) is 29.8 Å². The first-order valence-electron chi connectivity index (χ1n) is 8.46. The molecular weight excluding hydrogens is 370 g/mol. The van der Waals surface area contributed by atoms with Crippen LogP contribution in [0, 0.1) is 0 Å². The Morgan fingerprint density at radius 2 is 1.85 bits per heavy atom. The Hall–Kier alpha value is -2.57. The fourth-order valence-corrected chi connectivity index (χ4v) is 2.42. The zero-order valence-corrected chi connectivity index (χ0v) is 16.2. The summed E-state index contributed by atoms with van der Waals surface area (Å²) in [6.07, 6.45) is -0.967. The van der Waals surface area contributed by atoms with Gasteiger partial charge in [-0.2, -0.15) is 0 Å². The number of carbonyl (C=O) groups excluding carboxylic acids is 2. The van der Waals surface area contributed by atoms with Gasteiger partial charge in [0.2, 0.25) is 0 Å². The van der Waals surface area contributed by atoms with Crippen LogP contribution in [0.5, 0.6) is 5.75 Å². The summed E-state index contributed by atoms with van der Waals surface area (Å²) >= 11 is 5.81. The van der Waals surface area contributed by atoms with Gasteiger partial charge in [0.1, 0.15) is 5.75 Å². The van der Waals surface area contributed by atoms with Crippen LogP contribution in [0.25, 0.3) is 0 Å². The van der Waals surface area contributed by atoms with E-state index in [0.29, 0.717) is 35.2 Å². The number of carbonyl (C=O) groups is 2. The van der Waals surface area contributed by atoms with Gasteiger partial charge in [0, 0.05) is 22.9 Å². The number of halogens is 1. The van der Waals surface area contributed by atoms with Crippen molar-refractivity contribution in [2.75, 3.05) is 19.0 Å². The molecule has 0 saturated heterocycles. The molecule has 0 aromatic heterocycles. The minimum Gasteiger partial charge on any atom is -0.496 e. The van der Waals surface area contributed by atoms with E-state index < -0.39 is 18.0 Å². The van der Waals surface area contributed by atoms with Gasteiger partial charge >= 0.3 is 5.97 Å². The van der Waals surface area contributed by atoms with Gasteiger partial charge in [0.05, 0.1) is 19.3 Å². The zero-order chi connectivity index (χ0) is 19.8. The summed E-state index contributed by atoms with van der Waals surface area (Å²) in [5.74, 6) is -0.420. The summed E-state index contributed by atoms with van der Waals surface area (Å²) < 4.78 is 15.9. The lowest BCUT2D eigenvalue weighted by Crippen LogP contribution is -2.30. The normalized spacial score (nSPS) is 11.6. The third-order valence-corrected chi connectivity index (χ3v) is 3.99. The third kappa shape index (κ3) is 5.98. The molecule has 0 radical (unpaired) electrons. The van der Waals surface area contributed by atoms with E-state index >= 15 is 0 Å². The SMILES string of the molecule is CCOCc1cc(C(=O)O[C@H](C)C(=O)Nc2ccc(Cl)cc2)ccc1OC. The van der Waals surface area contributed by atoms with E-state index in [4.69, 9.17) is 25.8 Å². The van der Waals surface area contributed by atoms with Gasteiger partial charge in [-0.05, 0) is 56.3 Å². The quantitative estimate of drug-likeness (QED) is 0.686. The molecule has 0 heterocycles. The van der Waals surface area contributed by atoms with Crippen LogP contribution >= 0.6 is 11.6 Å². The second-order valence-electron chi connectivity index (χ2n) is 5.71. The van der Waals surface area contributed by atoms with Gasteiger partial charge in [-0.25, -0.2) is 4.79 Å². The molecule has 0 spiro atoms. The van der Waals surface area contributed by atoms with Crippen molar-refractivity contribution in [3.05, 3.63) is 58.6 Å². The van der Waals surface area contributed by atoms with Gasteiger partial charge in [-0.15, -0.1) is 0 Å². The molecule has 1 atom stereocenters.